The monoisotopic (exact) mass is 1050 g/mol. The smallest absolute Gasteiger partial charge is 0.293 e. The predicted molar refractivity (Wildman–Crippen MR) is 291 cm³/mol. The average Bonchev–Trinajstić information content (AvgIpc) is 3.92. The summed E-state index contributed by atoms with van der Waals surface area (Å²) >= 11 is 0. The number of nitrogens with zero attached hydrogens (tertiary/aromatic N) is 5. The Morgan fingerprint density at radius 2 is 1.74 bits per heavy atom. The van der Waals surface area contributed by atoms with Crippen molar-refractivity contribution in [1.82, 2.24) is 24.5 Å². The molecule has 6 aromatic rings. The summed E-state index contributed by atoms with van der Waals surface area (Å²) in [4.78, 5) is 40.5. The van der Waals surface area contributed by atoms with E-state index in [0.717, 1.165) is 106 Å². The van der Waals surface area contributed by atoms with Crippen LogP contribution < -0.4 is 29.1 Å². The molecule has 5 heterocycles. The van der Waals surface area contributed by atoms with E-state index in [1.165, 1.54) is 28.8 Å². The van der Waals surface area contributed by atoms with Crippen molar-refractivity contribution in [3.05, 3.63) is 136 Å². The molecule has 2 aromatic heterocycles. The maximum absolute atomic E-state index is 14.1. The number of nitro groups is 1. The Morgan fingerprint density at radius 3 is 2.53 bits per heavy atom. The first-order valence-corrected chi connectivity index (χ1v) is 28.3. The van der Waals surface area contributed by atoms with Gasteiger partial charge in [-0.05, 0) is 129 Å². The normalized spacial score (nSPS) is 22.1. The number of rotatable bonds is 15. The second kappa shape index (κ2) is 21.0. The van der Waals surface area contributed by atoms with E-state index in [-0.39, 0.29) is 34.4 Å². The van der Waals surface area contributed by atoms with Gasteiger partial charge in [0.2, 0.25) is 0 Å². The van der Waals surface area contributed by atoms with Crippen molar-refractivity contribution in [2.75, 3.05) is 62.7 Å². The zero-order chi connectivity index (χ0) is 52.8. The van der Waals surface area contributed by atoms with Crippen LogP contribution in [0.15, 0.2) is 108 Å². The van der Waals surface area contributed by atoms with Crippen molar-refractivity contribution in [3.63, 3.8) is 0 Å². The number of aromatic nitrogens is 2. The van der Waals surface area contributed by atoms with Gasteiger partial charge in [0, 0.05) is 92.9 Å². The number of hydrogen-bond donors (Lipinski definition) is 4. The van der Waals surface area contributed by atoms with Gasteiger partial charge >= 0.3 is 0 Å². The van der Waals surface area contributed by atoms with Crippen molar-refractivity contribution in [1.29, 1.82) is 0 Å². The molecule has 11 rings (SSSR count). The third kappa shape index (κ3) is 10.8. The van der Waals surface area contributed by atoms with E-state index >= 15 is 0 Å². The fourth-order valence-electron chi connectivity index (χ4n) is 12.4. The number of amides is 1. The minimum atomic E-state index is -4.59. The minimum Gasteiger partial charge on any atom is -0.486 e. The molecule has 0 unspecified atom stereocenters. The standard InChI is InChI=1S/C58H68N8O9S/c1-38(2)46-8-4-5-9-47(46)51-37-63(36-41-7-6-10-52-54(41)74-28-27-73-52)25-26-65(51)43-32-58(33-43)20-23-64(24-21-58)42-11-13-48(53(30-42)75-44-29-40-17-22-59-55(40)61-35-44)56(67)62-76(71,72)45-12-14-49(50(31-45)66(69)70)60-34-39-15-18-57(3,68)19-16-39/h4-14,17,22,29-31,35,38-39,43,51,60,68H,15-16,18-21,23-28,32-34,36-37H2,1-3H3,(H,59,61)(H,62,67)/t39?,51-,57?/m0/s1. The number of carbonyl (C=O) groups is 1. The lowest BCUT2D eigenvalue weighted by atomic mass is 9.59. The number of para-hydroxylation sites is 1. The molecule has 0 radical (unpaired) electrons. The predicted octanol–water partition coefficient (Wildman–Crippen LogP) is 9.94. The molecule has 4 N–H and O–H groups in total. The summed E-state index contributed by atoms with van der Waals surface area (Å²) in [6.07, 6.45) is 10.4. The van der Waals surface area contributed by atoms with Crippen molar-refractivity contribution < 1.29 is 37.5 Å². The molecule has 1 amide bonds. The van der Waals surface area contributed by atoms with E-state index in [0.29, 0.717) is 56.0 Å². The largest absolute Gasteiger partial charge is 0.486 e. The number of anilines is 2. The Balaban J connectivity index is 0.780. The molecule has 17 nitrogen and oxygen atoms in total. The summed E-state index contributed by atoms with van der Waals surface area (Å²) in [5.74, 6) is 1.84. The van der Waals surface area contributed by atoms with Gasteiger partial charge in [-0.3, -0.25) is 24.7 Å². The van der Waals surface area contributed by atoms with Crippen LogP contribution in [0.5, 0.6) is 23.0 Å². The summed E-state index contributed by atoms with van der Waals surface area (Å²) in [6.45, 7) is 13.2. The number of nitro benzene ring substituents is 1. The summed E-state index contributed by atoms with van der Waals surface area (Å²) in [5, 5.41) is 26.5. The van der Waals surface area contributed by atoms with E-state index in [1.54, 1.807) is 30.6 Å². The van der Waals surface area contributed by atoms with Gasteiger partial charge < -0.3 is 34.5 Å². The molecule has 5 aliphatic rings. The van der Waals surface area contributed by atoms with Crippen LogP contribution in [0.1, 0.15) is 111 Å². The van der Waals surface area contributed by atoms with Gasteiger partial charge in [0.1, 0.15) is 36.0 Å². The fraction of sp³-hybridized carbons (Fsp3) is 0.448. The van der Waals surface area contributed by atoms with Crippen LogP contribution in [0.3, 0.4) is 0 Å². The van der Waals surface area contributed by atoms with Gasteiger partial charge in [-0.1, -0.05) is 50.2 Å². The highest BCUT2D eigenvalue weighted by Gasteiger charge is 2.50. The maximum atomic E-state index is 14.1. The SMILES string of the molecule is CC(C)c1ccccc1[C@@H]1CN(Cc2cccc3c2OCCO3)CCN1C1CC2(CCN(c3ccc(C(=O)NS(=O)(=O)c4ccc(NCC5CCC(C)(O)CC5)c([N+](=O)[O-])c4)c(Oc4cnc5[nH]ccc5c4)c3)CC2)C1. The molecular formula is C58H68N8O9S. The molecular weight excluding hydrogens is 985 g/mol. The van der Waals surface area contributed by atoms with Crippen LogP contribution in [-0.4, -0.2) is 108 Å². The van der Waals surface area contributed by atoms with Crippen LogP contribution in [0.25, 0.3) is 11.0 Å². The summed E-state index contributed by atoms with van der Waals surface area (Å²) < 4.78 is 48.4. The molecule has 400 valence electrons. The molecule has 18 heteroatoms. The van der Waals surface area contributed by atoms with E-state index < -0.39 is 37.0 Å². The molecule has 3 aliphatic heterocycles. The second-order valence-corrected chi connectivity index (χ2v) is 24.0. The van der Waals surface area contributed by atoms with Crippen molar-refractivity contribution in [2.45, 2.75) is 107 Å². The summed E-state index contributed by atoms with van der Waals surface area (Å²) in [6, 6.07) is 28.3. The maximum Gasteiger partial charge on any atom is 0.293 e. The first-order chi connectivity index (χ1) is 36.6. The number of nitrogens with one attached hydrogen (secondary N) is 3. The van der Waals surface area contributed by atoms with E-state index in [2.05, 4.69) is 85.0 Å². The topological polar surface area (TPSA) is 205 Å². The molecule has 76 heavy (non-hydrogen) atoms. The highest BCUT2D eigenvalue weighted by molar-refractivity contribution is 7.90. The minimum absolute atomic E-state index is 0.0322. The molecule has 2 aliphatic carbocycles. The molecule has 1 atom stereocenters. The number of sulfonamides is 1. The zero-order valence-electron chi connectivity index (χ0n) is 43.5. The zero-order valence-corrected chi connectivity index (χ0v) is 44.3. The highest BCUT2D eigenvalue weighted by atomic mass is 32.2. The van der Waals surface area contributed by atoms with Crippen molar-refractivity contribution >= 4 is 44.0 Å². The van der Waals surface area contributed by atoms with Gasteiger partial charge in [0.25, 0.3) is 21.6 Å². The highest BCUT2D eigenvalue weighted by Crippen LogP contribution is 2.54. The lowest BCUT2D eigenvalue weighted by Gasteiger charge is -2.58. The van der Waals surface area contributed by atoms with Crippen LogP contribution in [0.4, 0.5) is 17.1 Å². The number of ether oxygens (including phenoxy) is 3. The molecule has 0 bridgehead atoms. The van der Waals surface area contributed by atoms with Gasteiger partial charge in [0.05, 0.1) is 27.2 Å². The Kier molecular flexibility index (Phi) is 14.2. The number of aliphatic hydroxyl groups is 1. The number of pyridine rings is 1. The molecule has 2 saturated carbocycles. The number of piperazine rings is 1. The van der Waals surface area contributed by atoms with Crippen LogP contribution in [-0.2, 0) is 16.6 Å². The van der Waals surface area contributed by atoms with Crippen LogP contribution >= 0.6 is 0 Å². The number of carbonyl (C=O) groups excluding carboxylic acids is 1. The second-order valence-electron chi connectivity index (χ2n) is 22.3. The first kappa shape index (κ1) is 51.4. The first-order valence-electron chi connectivity index (χ1n) is 26.9. The molecule has 4 fully saturated rings. The quantitative estimate of drug-likeness (QED) is 0.0558. The summed E-state index contributed by atoms with van der Waals surface area (Å²) in [7, 11) is -4.59. The third-order valence-corrected chi connectivity index (χ3v) is 18.1. The number of benzene rings is 4. The number of hydrogen-bond acceptors (Lipinski definition) is 14. The van der Waals surface area contributed by atoms with E-state index in [1.807, 2.05) is 25.1 Å². The Hall–Kier alpha value is -6.73. The average molecular weight is 1050 g/mol. The third-order valence-electron chi connectivity index (χ3n) is 16.8. The van der Waals surface area contributed by atoms with Gasteiger partial charge in [-0.15, -0.1) is 0 Å². The molecule has 2 saturated heterocycles. The van der Waals surface area contributed by atoms with Gasteiger partial charge in [-0.2, -0.15) is 0 Å². The van der Waals surface area contributed by atoms with Gasteiger partial charge in [-0.25, -0.2) is 18.1 Å². The van der Waals surface area contributed by atoms with Crippen LogP contribution in [0, 0.1) is 21.4 Å². The fourth-order valence-corrected chi connectivity index (χ4v) is 13.4. The number of H-pyrrole nitrogens is 1. The lowest BCUT2D eigenvalue weighted by molar-refractivity contribution is -0.384. The number of aromatic amines is 1. The lowest BCUT2D eigenvalue weighted by Crippen LogP contribution is -2.60. The summed E-state index contributed by atoms with van der Waals surface area (Å²) in [5.41, 5.74) is 4.69. The molecule has 1 spiro atoms. The Morgan fingerprint density at radius 1 is 0.947 bits per heavy atom. The Labute approximate surface area is 444 Å². The van der Waals surface area contributed by atoms with E-state index in [4.69, 9.17) is 14.2 Å². The Bertz CT molecular complexity index is 3230. The van der Waals surface area contributed by atoms with Crippen LogP contribution in [0.2, 0.25) is 0 Å². The number of fused-ring (bicyclic) bond motifs is 2. The number of piperidine rings is 1. The van der Waals surface area contributed by atoms with Crippen molar-refractivity contribution in [2.24, 2.45) is 11.3 Å². The van der Waals surface area contributed by atoms with Gasteiger partial charge in [0.15, 0.2) is 11.5 Å². The molecule has 4 aromatic carbocycles. The van der Waals surface area contributed by atoms with E-state index in [9.17, 15) is 28.4 Å². The van der Waals surface area contributed by atoms with Crippen molar-refractivity contribution in [3.8, 4) is 23.0 Å².